The van der Waals surface area contributed by atoms with Crippen LogP contribution in [0.3, 0.4) is 0 Å². The number of benzene rings is 1. The van der Waals surface area contributed by atoms with Crippen molar-refractivity contribution in [2.75, 3.05) is 6.61 Å². The van der Waals surface area contributed by atoms with Crippen LogP contribution in [-0.4, -0.2) is 49.3 Å². The third kappa shape index (κ3) is 3.66. The molecule has 8 nitrogen and oxygen atoms in total. The molecule has 0 saturated heterocycles. The van der Waals surface area contributed by atoms with E-state index >= 15 is 0 Å². The van der Waals surface area contributed by atoms with E-state index in [0.29, 0.717) is 18.1 Å². The minimum absolute atomic E-state index is 0.102. The van der Waals surface area contributed by atoms with Crippen LogP contribution in [0.5, 0.6) is 5.75 Å². The second kappa shape index (κ2) is 7.51. The lowest BCUT2D eigenvalue weighted by molar-refractivity contribution is -0.152. The minimum atomic E-state index is -1.07. The maximum Gasteiger partial charge on any atom is 0.328 e. The van der Waals surface area contributed by atoms with Gasteiger partial charge in [0.05, 0.1) is 19.7 Å². The van der Waals surface area contributed by atoms with E-state index in [-0.39, 0.29) is 37.8 Å². The van der Waals surface area contributed by atoms with Gasteiger partial charge in [0.25, 0.3) is 0 Å². The van der Waals surface area contributed by atoms with E-state index in [4.69, 9.17) is 4.74 Å². The molecule has 0 saturated carbocycles. The van der Waals surface area contributed by atoms with E-state index in [9.17, 15) is 19.1 Å². The number of hydrogen-bond acceptors (Lipinski definition) is 5. The Morgan fingerprint density at radius 2 is 2.12 bits per heavy atom. The molecule has 1 unspecified atom stereocenters. The van der Waals surface area contributed by atoms with Gasteiger partial charge in [-0.1, -0.05) is 12.1 Å². The molecule has 2 aromatic rings. The summed E-state index contributed by atoms with van der Waals surface area (Å²) in [5.41, 5.74) is 0. The molecule has 1 amide bonds. The van der Waals surface area contributed by atoms with Gasteiger partial charge >= 0.3 is 5.97 Å². The first-order valence-corrected chi connectivity index (χ1v) is 8.25. The van der Waals surface area contributed by atoms with Crippen molar-refractivity contribution in [2.24, 2.45) is 0 Å². The highest BCUT2D eigenvalue weighted by molar-refractivity contribution is 5.83. The van der Waals surface area contributed by atoms with E-state index < -0.39 is 17.8 Å². The van der Waals surface area contributed by atoms with Crippen molar-refractivity contribution >= 4 is 11.9 Å². The van der Waals surface area contributed by atoms with Crippen molar-refractivity contribution < 1.29 is 23.8 Å². The van der Waals surface area contributed by atoms with Crippen LogP contribution < -0.4 is 4.74 Å². The van der Waals surface area contributed by atoms with E-state index in [1.54, 1.807) is 23.6 Å². The number of carboxylic acids is 1. The largest absolute Gasteiger partial charge is 0.491 e. The van der Waals surface area contributed by atoms with Crippen molar-refractivity contribution in [2.45, 2.75) is 38.9 Å². The number of halogens is 1. The predicted molar refractivity (Wildman–Crippen MR) is 87.9 cm³/mol. The number of hydrogen-bond donors (Lipinski definition) is 1. The summed E-state index contributed by atoms with van der Waals surface area (Å²) in [7, 11) is 0. The fourth-order valence-electron chi connectivity index (χ4n) is 2.90. The Balaban J connectivity index is 1.58. The number of aromatic nitrogens is 3. The van der Waals surface area contributed by atoms with Gasteiger partial charge in [0, 0.05) is 6.42 Å². The van der Waals surface area contributed by atoms with Crippen LogP contribution in [0, 0.1) is 12.7 Å². The zero-order valence-electron chi connectivity index (χ0n) is 14.3. The highest BCUT2D eigenvalue weighted by Crippen LogP contribution is 2.20. The zero-order chi connectivity index (χ0) is 18.7. The van der Waals surface area contributed by atoms with Gasteiger partial charge in [0.15, 0.2) is 17.4 Å². The fraction of sp³-hybridized carbons (Fsp3) is 0.412. The van der Waals surface area contributed by atoms with Crippen molar-refractivity contribution in [3.05, 3.63) is 41.7 Å². The van der Waals surface area contributed by atoms with Crippen molar-refractivity contribution in [1.82, 2.24) is 19.7 Å². The number of carbonyl (C=O) groups excluding carboxylic acids is 1. The molecule has 3 rings (SSSR count). The number of amides is 1. The molecule has 0 radical (unpaired) electrons. The molecule has 1 aromatic heterocycles. The summed E-state index contributed by atoms with van der Waals surface area (Å²) in [5.74, 6) is -0.519. The number of fused-ring (bicyclic) bond motifs is 1. The Morgan fingerprint density at radius 1 is 1.35 bits per heavy atom. The lowest BCUT2D eigenvalue weighted by Gasteiger charge is -2.33. The molecule has 0 aliphatic carbocycles. The number of carboxylic acid groups (broad SMARTS) is 1. The lowest BCUT2D eigenvalue weighted by Crippen LogP contribution is -2.50. The van der Waals surface area contributed by atoms with Gasteiger partial charge in [0.2, 0.25) is 5.91 Å². The molecule has 1 aromatic carbocycles. The Morgan fingerprint density at radius 3 is 2.85 bits per heavy atom. The monoisotopic (exact) mass is 362 g/mol. The van der Waals surface area contributed by atoms with Crippen LogP contribution in [0.25, 0.3) is 0 Å². The molecular formula is C17H19FN4O4. The molecule has 138 valence electrons. The van der Waals surface area contributed by atoms with Crippen molar-refractivity contribution in [1.29, 1.82) is 0 Å². The van der Waals surface area contributed by atoms with Crippen LogP contribution in [0.2, 0.25) is 0 Å². The molecule has 0 spiro atoms. The number of aryl methyl sites for hydroxylation is 1. The second-order valence-corrected chi connectivity index (χ2v) is 6.03. The minimum Gasteiger partial charge on any atom is -0.491 e. The van der Waals surface area contributed by atoms with Crippen LogP contribution >= 0.6 is 0 Å². The highest BCUT2D eigenvalue weighted by Gasteiger charge is 2.35. The normalized spacial score (nSPS) is 16.2. The molecule has 1 aliphatic heterocycles. The summed E-state index contributed by atoms with van der Waals surface area (Å²) in [6.07, 6.45) is 0.451. The lowest BCUT2D eigenvalue weighted by atomic mass is 10.1. The highest BCUT2D eigenvalue weighted by atomic mass is 19.1. The topological polar surface area (TPSA) is 97.5 Å². The number of nitrogens with zero attached hydrogens (tertiary/aromatic N) is 4. The SMILES string of the molecule is Cc1nnc2n1CC(C(=O)O)N(C(=O)CCCOc1ccccc1F)C2. The second-order valence-electron chi connectivity index (χ2n) is 6.03. The van der Waals surface area contributed by atoms with Gasteiger partial charge in [-0.25, -0.2) is 9.18 Å². The summed E-state index contributed by atoms with van der Waals surface area (Å²) in [6.45, 7) is 2.13. The van der Waals surface area contributed by atoms with Gasteiger partial charge in [-0.05, 0) is 25.5 Å². The summed E-state index contributed by atoms with van der Waals surface area (Å²) in [4.78, 5) is 25.3. The third-order valence-electron chi connectivity index (χ3n) is 4.29. The van der Waals surface area contributed by atoms with E-state index in [1.165, 1.54) is 17.0 Å². The molecule has 1 atom stereocenters. The summed E-state index contributed by atoms with van der Waals surface area (Å²) in [6, 6.07) is 5.07. The maximum atomic E-state index is 13.5. The van der Waals surface area contributed by atoms with Crippen LogP contribution in [0.4, 0.5) is 4.39 Å². The van der Waals surface area contributed by atoms with Crippen molar-refractivity contribution in [3.8, 4) is 5.75 Å². The predicted octanol–water partition coefficient (Wildman–Crippen LogP) is 1.38. The van der Waals surface area contributed by atoms with Crippen LogP contribution in [0.1, 0.15) is 24.5 Å². The number of ether oxygens (including phenoxy) is 1. The molecule has 0 fully saturated rings. The Labute approximate surface area is 149 Å². The Kier molecular flexibility index (Phi) is 5.15. The number of carbonyl (C=O) groups is 2. The molecule has 26 heavy (non-hydrogen) atoms. The summed E-state index contributed by atoms with van der Waals surface area (Å²) >= 11 is 0. The quantitative estimate of drug-likeness (QED) is 0.780. The molecule has 0 bridgehead atoms. The summed E-state index contributed by atoms with van der Waals surface area (Å²) < 4.78 is 20.5. The van der Waals surface area contributed by atoms with Crippen LogP contribution in [0.15, 0.2) is 24.3 Å². The van der Waals surface area contributed by atoms with E-state index in [0.717, 1.165) is 0 Å². The molecular weight excluding hydrogens is 343 g/mol. The number of para-hydroxylation sites is 1. The third-order valence-corrected chi connectivity index (χ3v) is 4.29. The Bertz CT molecular complexity index is 823. The molecule has 1 aliphatic rings. The Hall–Kier alpha value is -2.97. The van der Waals surface area contributed by atoms with Gasteiger partial charge in [-0.2, -0.15) is 0 Å². The average molecular weight is 362 g/mol. The first kappa shape index (κ1) is 17.8. The van der Waals surface area contributed by atoms with Gasteiger partial charge in [0.1, 0.15) is 11.9 Å². The van der Waals surface area contributed by atoms with Gasteiger partial charge in [-0.3, -0.25) is 4.79 Å². The zero-order valence-corrected chi connectivity index (χ0v) is 14.3. The maximum absolute atomic E-state index is 13.5. The fourth-order valence-corrected chi connectivity index (χ4v) is 2.90. The van der Waals surface area contributed by atoms with Crippen molar-refractivity contribution in [3.63, 3.8) is 0 Å². The standard InChI is InChI=1S/C17H19FN4O4/c1-11-19-20-15-10-22(13(17(24)25)9-21(11)15)16(23)7-4-8-26-14-6-3-2-5-12(14)18/h2-3,5-6,13H,4,7-10H2,1H3,(H,24,25). The van der Waals surface area contributed by atoms with Gasteiger partial charge < -0.3 is 19.3 Å². The summed E-state index contributed by atoms with van der Waals surface area (Å²) in [5, 5.41) is 17.4. The average Bonchev–Trinajstić information content (AvgIpc) is 2.99. The van der Waals surface area contributed by atoms with E-state index in [1.807, 2.05) is 0 Å². The number of aliphatic carboxylic acids is 1. The van der Waals surface area contributed by atoms with Crippen LogP contribution in [-0.2, 0) is 22.7 Å². The number of rotatable bonds is 6. The molecule has 9 heteroatoms. The molecule has 2 heterocycles. The first-order chi connectivity index (χ1) is 12.5. The van der Waals surface area contributed by atoms with Gasteiger partial charge in [-0.15, -0.1) is 10.2 Å². The van der Waals surface area contributed by atoms with E-state index in [2.05, 4.69) is 10.2 Å². The first-order valence-electron chi connectivity index (χ1n) is 8.25. The molecule has 1 N–H and O–H groups in total. The smallest absolute Gasteiger partial charge is 0.328 e.